The van der Waals surface area contributed by atoms with Gasteiger partial charge in [0.05, 0.1) is 12.7 Å². The van der Waals surface area contributed by atoms with Crippen molar-refractivity contribution in [1.29, 1.82) is 0 Å². The van der Waals surface area contributed by atoms with Gasteiger partial charge in [-0.1, -0.05) is 31.5 Å². The van der Waals surface area contributed by atoms with Crippen molar-refractivity contribution in [2.45, 2.75) is 53.6 Å². The molecule has 1 atom stereocenters. The number of ether oxygens (including phenoxy) is 1. The second-order valence-electron chi connectivity index (χ2n) is 6.45. The van der Waals surface area contributed by atoms with Gasteiger partial charge in [0.1, 0.15) is 0 Å². The predicted molar refractivity (Wildman–Crippen MR) is 85.2 cm³/mol. The summed E-state index contributed by atoms with van der Waals surface area (Å²) < 4.78 is 6.33. The molecule has 0 bridgehead atoms. The summed E-state index contributed by atoms with van der Waals surface area (Å²) in [6.45, 7) is 14.0. The van der Waals surface area contributed by atoms with Crippen LogP contribution in [0.15, 0.2) is 12.1 Å². The van der Waals surface area contributed by atoms with E-state index in [0.717, 1.165) is 19.7 Å². The van der Waals surface area contributed by atoms with Crippen LogP contribution in [0, 0.1) is 26.2 Å². The zero-order chi connectivity index (χ0) is 14.8. The van der Waals surface area contributed by atoms with Crippen molar-refractivity contribution >= 4 is 0 Å². The Labute approximate surface area is 123 Å². The van der Waals surface area contributed by atoms with E-state index >= 15 is 0 Å². The fraction of sp³-hybridized carbons (Fsp3) is 0.667. The lowest BCUT2D eigenvalue weighted by Gasteiger charge is -2.29. The molecule has 0 amide bonds. The molecule has 0 radical (unpaired) electrons. The second-order valence-corrected chi connectivity index (χ2v) is 6.45. The summed E-state index contributed by atoms with van der Waals surface area (Å²) in [7, 11) is 0. The summed E-state index contributed by atoms with van der Waals surface area (Å²) in [5.41, 5.74) is 5.74. The molecule has 0 spiro atoms. The smallest absolute Gasteiger partial charge is 0.0954 e. The number of benzene rings is 1. The summed E-state index contributed by atoms with van der Waals surface area (Å²) in [4.78, 5) is 0. The molecule has 1 N–H and O–H groups in total. The van der Waals surface area contributed by atoms with Gasteiger partial charge < -0.3 is 10.1 Å². The summed E-state index contributed by atoms with van der Waals surface area (Å²) in [6, 6.07) is 4.53. The quantitative estimate of drug-likeness (QED) is 0.897. The maximum atomic E-state index is 6.33. The van der Waals surface area contributed by atoms with E-state index in [1.807, 2.05) is 0 Å². The van der Waals surface area contributed by atoms with Gasteiger partial charge in [0, 0.05) is 18.5 Å². The Morgan fingerprint density at radius 3 is 2.30 bits per heavy atom. The molecule has 0 saturated carbocycles. The van der Waals surface area contributed by atoms with E-state index in [4.69, 9.17) is 4.74 Å². The zero-order valence-corrected chi connectivity index (χ0v) is 13.7. The minimum Gasteiger partial charge on any atom is -0.372 e. The minimum absolute atomic E-state index is 0.190. The van der Waals surface area contributed by atoms with Crippen LogP contribution in [0.1, 0.15) is 55.0 Å². The Balaban J connectivity index is 2.23. The van der Waals surface area contributed by atoms with Crippen molar-refractivity contribution in [3.8, 4) is 0 Å². The molecule has 1 aromatic rings. The van der Waals surface area contributed by atoms with Crippen LogP contribution in [0.3, 0.4) is 0 Å². The average Bonchev–Trinajstić information content (AvgIpc) is 2.61. The minimum atomic E-state index is 0.190. The van der Waals surface area contributed by atoms with Crippen molar-refractivity contribution in [3.05, 3.63) is 34.4 Å². The third kappa shape index (κ3) is 3.07. The van der Waals surface area contributed by atoms with E-state index in [1.165, 1.54) is 35.1 Å². The Bertz CT molecular complexity index is 439. The van der Waals surface area contributed by atoms with Gasteiger partial charge in [0.25, 0.3) is 0 Å². The van der Waals surface area contributed by atoms with Crippen LogP contribution in [0.4, 0.5) is 0 Å². The fourth-order valence-corrected chi connectivity index (χ4v) is 3.44. The van der Waals surface area contributed by atoms with Gasteiger partial charge in [-0.3, -0.25) is 0 Å². The highest BCUT2D eigenvalue weighted by molar-refractivity contribution is 5.39. The molecule has 1 aromatic carbocycles. The van der Waals surface area contributed by atoms with Crippen LogP contribution in [0.2, 0.25) is 0 Å². The maximum absolute atomic E-state index is 6.33. The first-order valence-electron chi connectivity index (χ1n) is 7.91. The molecule has 1 aliphatic heterocycles. The molecule has 20 heavy (non-hydrogen) atoms. The highest BCUT2D eigenvalue weighted by Gasteiger charge is 2.31. The SMILES string of the molecule is CCC1(CC)CNCC(c2c(C)cc(C)cc2C)OC1. The lowest BCUT2D eigenvalue weighted by Crippen LogP contribution is -2.34. The first-order valence-corrected chi connectivity index (χ1v) is 7.91. The number of nitrogens with one attached hydrogen (secondary N) is 1. The largest absolute Gasteiger partial charge is 0.372 e. The fourth-order valence-electron chi connectivity index (χ4n) is 3.44. The molecular formula is C18H29NO. The van der Waals surface area contributed by atoms with E-state index in [0.29, 0.717) is 5.41 Å². The zero-order valence-electron chi connectivity index (χ0n) is 13.7. The second kappa shape index (κ2) is 6.28. The Kier molecular flexibility index (Phi) is 4.87. The number of aryl methyl sites for hydroxylation is 3. The molecule has 112 valence electrons. The number of rotatable bonds is 3. The van der Waals surface area contributed by atoms with Gasteiger partial charge in [0.2, 0.25) is 0 Å². The molecule has 1 saturated heterocycles. The summed E-state index contributed by atoms with van der Waals surface area (Å²) in [6.07, 6.45) is 2.54. The highest BCUT2D eigenvalue weighted by Crippen LogP contribution is 2.33. The normalized spacial score (nSPS) is 22.6. The predicted octanol–water partition coefficient (Wildman–Crippen LogP) is 4.08. The standard InChI is InChI=1S/C18H29NO/c1-6-18(7-2)11-19-10-16(20-12-18)17-14(4)8-13(3)9-15(17)5/h8-9,16,19H,6-7,10-12H2,1-5H3. The van der Waals surface area contributed by atoms with Crippen LogP contribution in [-0.2, 0) is 4.74 Å². The molecule has 0 aliphatic carbocycles. The number of hydrogen-bond donors (Lipinski definition) is 1. The van der Waals surface area contributed by atoms with Crippen molar-refractivity contribution in [2.24, 2.45) is 5.41 Å². The molecule has 2 rings (SSSR count). The van der Waals surface area contributed by atoms with E-state index in [2.05, 4.69) is 52.1 Å². The molecule has 1 aliphatic rings. The first-order chi connectivity index (χ1) is 9.51. The molecule has 1 unspecified atom stereocenters. The molecule has 1 heterocycles. The van der Waals surface area contributed by atoms with Gasteiger partial charge in [-0.05, 0) is 50.3 Å². The third-order valence-corrected chi connectivity index (χ3v) is 4.98. The van der Waals surface area contributed by atoms with Gasteiger partial charge in [-0.2, -0.15) is 0 Å². The van der Waals surface area contributed by atoms with Gasteiger partial charge >= 0.3 is 0 Å². The first kappa shape index (κ1) is 15.5. The third-order valence-electron chi connectivity index (χ3n) is 4.98. The maximum Gasteiger partial charge on any atom is 0.0954 e. The van der Waals surface area contributed by atoms with Gasteiger partial charge in [0.15, 0.2) is 0 Å². The monoisotopic (exact) mass is 275 g/mol. The van der Waals surface area contributed by atoms with Crippen LogP contribution in [-0.4, -0.2) is 19.7 Å². The van der Waals surface area contributed by atoms with Gasteiger partial charge in [-0.15, -0.1) is 0 Å². The average molecular weight is 275 g/mol. The molecular weight excluding hydrogens is 246 g/mol. The topological polar surface area (TPSA) is 21.3 Å². The Morgan fingerprint density at radius 2 is 1.75 bits per heavy atom. The van der Waals surface area contributed by atoms with Crippen LogP contribution < -0.4 is 5.32 Å². The highest BCUT2D eigenvalue weighted by atomic mass is 16.5. The van der Waals surface area contributed by atoms with Crippen molar-refractivity contribution < 1.29 is 4.74 Å². The summed E-state index contributed by atoms with van der Waals surface area (Å²) in [5.74, 6) is 0. The molecule has 2 heteroatoms. The van der Waals surface area contributed by atoms with E-state index < -0.39 is 0 Å². The summed E-state index contributed by atoms with van der Waals surface area (Å²) in [5, 5.41) is 3.63. The van der Waals surface area contributed by atoms with Crippen LogP contribution in [0.5, 0.6) is 0 Å². The van der Waals surface area contributed by atoms with Crippen molar-refractivity contribution in [2.75, 3.05) is 19.7 Å². The lowest BCUT2D eigenvalue weighted by molar-refractivity contribution is 0.00973. The van der Waals surface area contributed by atoms with Crippen LogP contribution >= 0.6 is 0 Å². The van der Waals surface area contributed by atoms with Crippen molar-refractivity contribution in [3.63, 3.8) is 0 Å². The van der Waals surface area contributed by atoms with E-state index in [9.17, 15) is 0 Å². The van der Waals surface area contributed by atoms with Crippen molar-refractivity contribution in [1.82, 2.24) is 5.32 Å². The Morgan fingerprint density at radius 1 is 1.15 bits per heavy atom. The van der Waals surface area contributed by atoms with Crippen LogP contribution in [0.25, 0.3) is 0 Å². The number of hydrogen-bond acceptors (Lipinski definition) is 2. The molecule has 1 fully saturated rings. The van der Waals surface area contributed by atoms with E-state index in [1.54, 1.807) is 0 Å². The Hall–Kier alpha value is -0.860. The molecule has 2 nitrogen and oxygen atoms in total. The molecule has 0 aromatic heterocycles. The van der Waals surface area contributed by atoms with Gasteiger partial charge in [-0.25, -0.2) is 0 Å². The summed E-state index contributed by atoms with van der Waals surface area (Å²) >= 11 is 0. The van der Waals surface area contributed by atoms with E-state index in [-0.39, 0.29) is 6.10 Å². The lowest BCUT2D eigenvalue weighted by atomic mass is 9.83.